The maximum atomic E-state index is 12.3. The SMILES string of the molecule is CC(Oc1ccccc1-c1csc(N)n1)C(=O)OC1CCCCC1. The number of ether oxygens (including phenoxy) is 2. The highest BCUT2D eigenvalue weighted by Gasteiger charge is 2.23. The molecule has 1 heterocycles. The topological polar surface area (TPSA) is 74.4 Å². The van der Waals surface area contributed by atoms with Crippen LogP contribution in [0.1, 0.15) is 39.0 Å². The number of benzene rings is 1. The van der Waals surface area contributed by atoms with E-state index in [1.165, 1.54) is 17.8 Å². The fraction of sp³-hybridized carbons (Fsp3) is 0.444. The predicted molar refractivity (Wildman–Crippen MR) is 95.0 cm³/mol. The van der Waals surface area contributed by atoms with Crippen LogP contribution in [0, 0.1) is 0 Å². The number of carbonyl (C=O) groups excluding carboxylic acids is 1. The number of anilines is 1. The van der Waals surface area contributed by atoms with E-state index in [1.54, 1.807) is 6.92 Å². The molecular weight excluding hydrogens is 324 g/mol. The van der Waals surface area contributed by atoms with Crippen molar-refractivity contribution in [3.63, 3.8) is 0 Å². The average molecular weight is 346 g/mol. The maximum absolute atomic E-state index is 12.3. The van der Waals surface area contributed by atoms with Gasteiger partial charge in [-0.3, -0.25) is 0 Å². The molecule has 2 N–H and O–H groups in total. The van der Waals surface area contributed by atoms with Gasteiger partial charge in [-0.2, -0.15) is 0 Å². The molecule has 128 valence electrons. The van der Waals surface area contributed by atoms with Gasteiger partial charge in [-0.25, -0.2) is 9.78 Å². The fourth-order valence-electron chi connectivity index (χ4n) is 2.87. The molecule has 5 nitrogen and oxygen atoms in total. The number of para-hydroxylation sites is 1. The molecule has 24 heavy (non-hydrogen) atoms. The van der Waals surface area contributed by atoms with Crippen LogP contribution in [-0.4, -0.2) is 23.2 Å². The standard InChI is InChI=1S/C18H22N2O3S/c1-12(17(21)23-13-7-3-2-4-8-13)22-16-10-6-5-9-14(16)15-11-24-18(19)20-15/h5-6,9-13H,2-4,7-8H2,1H3,(H2,19,20). The van der Waals surface area contributed by atoms with Crippen LogP contribution in [0.4, 0.5) is 5.13 Å². The zero-order valence-corrected chi connectivity index (χ0v) is 14.6. The molecule has 1 saturated carbocycles. The summed E-state index contributed by atoms with van der Waals surface area (Å²) in [5.41, 5.74) is 7.28. The number of nitrogens with two attached hydrogens (primary N) is 1. The van der Waals surface area contributed by atoms with Crippen LogP contribution in [-0.2, 0) is 9.53 Å². The van der Waals surface area contributed by atoms with Crippen molar-refractivity contribution in [3.05, 3.63) is 29.6 Å². The molecule has 0 spiro atoms. The first kappa shape index (κ1) is 16.8. The molecule has 0 amide bonds. The van der Waals surface area contributed by atoms with Crippen molar-refractivity contribution in [1.29, 1.82) is 0 Å². The molecule has 2 aromatic rings. The Kier molecular flexibility index (Phi) is 5.35. The number of hydrogen-bond donors (Lipinski definition) is 1. The number of aromatic nitrogens is 1. The summed E-state index contributed by atoms with van der Waals surface area (Å²) in [5, 5.41) is 2.38. The van der Waals surface area contributed by atoms with Gasteiger partial charge in [-0.1, -0.05) is 18.6 Å². The van der Waals surface area contributed by atoms with E-state index in [1.807, 2.05) is 29.6 Å². The van der Waals surface area contributed by atoms with Gasteiger partial charge in [0.2, 0.25) is 0 Å². The summed E-state index contributed by atoms with van der Waals surface area (Å²) in [7, 11) is 0. The van der Waals surface area contributed by atoms with Crippen LogP contribution in [0.3, 0.4) is 0 Å². The Morgan fingerprint density at radius 2 is 2.04 bits per heavy atom. The third-order valence-electron chi connectivity index (χ3n) is 4.16. The lowest BCUT2D eigenvalue weighted by molar-refractivity contribution is -0.158. The largest absolute Gasteiger partial charge is 0.478 e. The number of carbonyl (C=O) groups is 1. The second-order valence-corrected chi connectivity index (χ2v) is 6.91. The van der Waals surface area contributed by atoms with E-state index in [-0.39, 0.29) is 12.1 Å². The molecule has 1 atom stereocenters. The van der Waals surface area contributed by atoms with Gasteiger partial charge in [-0.15, -0.1) is 11.3 Å². The van der Waals surface area contributed by atoms with Crippen molar-refractivity contribution in [3.8, 4) is 17.0 Å². The fourth-order valence-corrected chi connectivity index (χ4v) is 3.44. The Balaban J connectivity index is 1.67. The third-order valence-corrected chi connectivity index (χ3v) is 4.83. The number of hydrogen-bond acceptors (Lipinski definition) is 6. The summed E-state index contributed by atoms with van der Waals surface area (Å²) >= 11 is 1.38. The van der Waals surface area contributed by atoms with Crippen molar-refractivity contribution in [2.75, 3.05) is 5.73 Å². The molecule has 0 bridgehead atoms. The predicted octanol–water partition coefficient (Wildman–Crippen LogP) is 4.04. The zero-order valence-electron chi connectivity index (χ0n) is 13.7. The minimum atomic E-state index is -0.663. The molecule has 0 radical (unpaired) electrons. The molecule has 1 aliphatic rings. The van der Waals surface area contributed by atoms with Crippen molar-refractivity contribution < 1.29 is 14.3 Å². The second kappa shape index (κ2) is 7.66. The van der Waals surface area contributed by atoms with Gasteiger partial charge in [0.05, 0.1) is 5.69 Å². The Morgan fingerprint density at radius 1 is 1.29 bits per heavy atom. The first-order chi connectivity index (χ1) is 11.6. The summed E-state index contributed by atoms with van der Waals surface area (Å²) in [4.78, 5) is 16.6. The summed E-state index contributed by atoms with van der Waals surface area (Å²) < 4.78 is 11.4. The normalized spacial score (nSPS) is 16.5. The van der Waals surface area contributed by atoms with E-state index < -0.39 is 6.10 Å². The van der Waals surface area contributed by atoms with Gasteiger partial charge in [0.15, 0.2) is 11.2 Å². The molecule has 3 rings (SSSR count). The maximum Gasteiger partial charge on any atom is 0.347 e. The lowest BCUT2D eigenvalue weighted by atomic mass is 9.98. The molecular formula is C18H22N2O3S. The van der Waals surface area contributed by atoms with Crippen LogP contribution in [0.25, 0.3) is 11.3 Å². The number of thiazole rings is 1. The van der Waals surface area contributed by atoms with Crippen LogP contribution >= 0.6 is 11.3 Å². The molecule has 6 heteroatoms. The molecule has 0 aliphatic heterocycles. The first-order valence-corrected chi connectivity index (χ1v) is 9.19. The van der Waals surface area contributed by atoms with E-state index in [0.717, 1.165) is 36.9 Å². The Bertz CT molecular complexity index is 695. The van der Waals surface area contributed by atoms with Crippen LogP contribution in [0.15, 0.2) is 29.6 Å². The number of esters is 1. The minimum absolute atomic E-state index is 0.0332. The Hall–Kier alpha value is -2.08. The molecule has 1 fully saturated rings. The summed E-state index contributed by atoms with van der Waals surface area (Å²) in [5.74, 6) is 0.297. The number of nitrogen functional groups attached to an aromatic ring is 1. The minimum Gasteiger partial charge on any atom is -0.478 e. The van der Waals surface area contributed by atoms with E-state index in [2.05, 4.69) is 4.98 Å². The average Bonchev–Trinajstić information content (AvgIpc) is 3.02. The Morgan fingerprint density at radius 3 is 2.75 bits per heavy atom. The Labute approximate surface area is 145 Å². The van der Waals surface area contributed by atoms with Gasteiger partial charge in [-0.05, 0) is 44.7 Å². The van der Waals surface area contributed by atoms with Crippen molar-refractivity contribution in [2.45, 2.75) is 51.2 Å². The summed E-state index contributed by atoms with van der Waals surface area (Å²) in [6.45, 7) is 1.72. The van der Waals surface area contributed by atoms with Gasteiger partial charge < -0.3 is 15.2 Å². The molecule has 1 aromatic carbocycles. The second-order valence-electron chi connectivity index (χ2n) is 6.02. The zero-order chi connectivity index (χ0) is 16.9. The highest BCUT2D eigenvalue weighted by molar-refractivity contribution is 7.13. The third kappa shape index (κ3) is 4.06. The monoisotopic (exact) mass is 346 g/mol. The number of nitrogens with zero attached hydrogens (tertiary/aromatic N) is 1. The van der Waals surface area contributed by atoms with Crippen LogP contribution < -0.4 is 10.5 Å². The lowest BCUT2D eigenvalue weighted by Gasteiger charge is -2.24. The quantitative estimate of drug-likeness (QED) is 0.827. The smallest absolute Gasteiger partial charge is 0.347 e. The first-order valence-electron chi connectivity index (χ1n) is 8.31. The molecule has 0 saturated heterocycles. The number of rotatable bonds is 5. The van der Waals surface area contributed by atoms with Crippen molar-refractivity contribution in [1.82, 2.24) is 4.98 Å². The van der Waals surface area contributed by atoms with Crippen LogP contribution in [0.5, 0.6) is 5.75 Å². The summed E-state index contributed by atoms with van der Waals surface area (Å²) in [6.07, 6.45) is 4.75. The van der Waals surface area contributed by atoms with Gasteiger partial charge in [0.25, 0.3) is 0 Å². The van der Waals surface area contributed by atoms with Gasteiger partial charge in [0.1, 0.15) is 11.9 Å². The van der Waals surface area contributed by atoms with Crippen molar-refractivity contribution >= 4 is 22.4 Å². The van der Waals surface area contributed by atoms with E-state index >= 15 is 0 Å². The van der Waals surface area contributed by atoms with E-state index in [9.17, 15) is 4.79 Å². The molecule has 1 unspecified atom stereocenters. The van der Waals surface area contributed by atoms with Crippen molar-refractivity contribution in [2.24, 2.45) is 0 Å². The van der Waals surface area contributed by atoms with Gasteiger partial charge >= 0.3 is 5.97 Å². The lowest BCUT2D eigenvalue weighted by Crippen LogP contribution is -2.31. The van der Waals surface area contributed by atoms with Crippen LogP contribution in [0.2, 0.25) is 0 Å². The van der Waals surface area contributed by atoms with Gasteiger partial charge in [0, 0.05) is 10.9 Å². The summed E-state index contributed by atoms with van der Waals surface area (Å²) in [6, 6.07) is 7.51. The van der Waals surface area contributed by atoms with E-state index in [0.29, 0.717) is 10.9 Å². The van der Waals surface area contributed by atoms with E-state index in [4.69, 9.17) is 15.2 Å². The highest BCUT2D eigenvalue weighted by Crippen LogP contribution is 2.32. The molecule has 1 aliphatic carbocycles. The molecule has 1 aromatic heterocycles. The highest BCUT2D eigenvalue weighted by atomic mass is 32.1.